The van der Waals surface area contributed by atoms with Gasteiger partial charge in [0.15, 0.2) is 0 Å². The molecule has 0 saturated carbocycles. The lowest BCUT2D eigenvalue weighted by Crippen LogP contribution is -2.37. The van der Waals surface area contributed by atoms with Gasteiger partial charge in [0.25, 0.3) is 5.91 Å². The third kappa shape index (κ3) is 3.89. The molecule has 1 rings (SSSR count). The number of aromatic nitrogens is 1. The molecule has 0 spiro atoms. The molecular formula is C11H16BrN3O2. The lowest BCUT2D eigenvalue weighted by Gasteiger charge is -2.07. The number of nitrogens with zero attached hydrogens (tertiary/aromatic N) is 1. The molecule has 6 heteroatoms. The molecule has 17 heavy (non-hydrogen) atoms. The second-order valence-electron chi connectivity index (χ2n) is 3.47. The maximum atomic E-state index is 11.8. The largest absolute Gasteiger partial charge is 0.355 e. The van der Waals surface area contributed by atoms with Gasteiger partial charge in [-0.1, -0.05) is 0 Å². The molecule has 0 radical (unpaired) electrons. The van der Waals surface area contributed by atoms with E-state index in [-0.39, 0.29) is 18.4 Å². The van der Waals surface area contributed by atoms with Crippen molar-refractivity contribution in [3.8, 4) is 0 Å². The van der Waals surface area contributed by atoms with Gasteiger partial charge in [-0.05, 0) is 35.8 Å². The van der Waals surface area contributed by atoms with Crippen molar-refractivity contribution in [1.29, 1.82) is 0 Å². The van der Waals surface area contributed by atoms with E-state index in [2.05, 4.69) is 26.6 Å². The second kappa shape index (κ2) is 6.44. The topological polar surface area (TPSA) is 63.1 Å². The van der Waals surface area contributed by atoms with E-state index in [1.54, 1.807) is 6.07 Å². The summed E-state index contributed by atoms with van der Waals surface area (Å²) in [4.78, 5) is 23.0. The number of likely N-dealkylation sites (N-methyl/N-ethyl adjacent to an activating group) is 1. The van der Waals surface area contributed by atoms with Crippen LogP contribution < -0.4 is 10.6 Å². The van der Waals surface area contributed by atoms with Crippen molar-refractivity contribution in [3.05, 3.63) is 22.4 Å². The van der Waals surface area contributed by atoms with Gasteiger partial charge in [0.2, 0.25) is 5.91 Å². The fourth-order valence-electron chi connectivity index (χ4n) is 1.44. The molecule has 0 atom stereocenters. The van der Waals surface area contributed by atoms with Gasteiger partial charge in [-0.3, -0.25) is 9.59 Å². The van der Waals surface area contributed by atoms with Crippen LogP contribution in [0.15, 0.2) is 16.7 Å². The van der Waals surface area contributed by atoms with Gasteiger partial charge < -0.3 is 15.2 Å². The molecule has 0 bridgehead atoms. The highest BCUT2D eigenvalue weighted by Gasteiger charge is 2.12. The molecule has 1 heterocycles. The lowest BCUT2D eigenvalue weighted by molar-refractivity contribution is -0.120. The van der Waals surface area contributed by atoms with E-state index >= 15 is 0 Å². The summed E-state index contributed by atoms with van der Waals surface area (Å²) in [5, 5.41) is 5.20. The zero-order valence-corrected chi connectivity index (χ0v) is 11.5. The van der Waals surface area contributed by atoms with Crippen molar-refractivity contribution in [3.63, 3.8) is 0 Å². The Morgan fingerprint density at radius 1 is 1.35 bits per heavy atom. The van der Waals surface area contributed by atoms with E-state index in [0.717, 1.165) is 4.47 Å². The summed E-state index contributed by atoms with van der Waals surface area (Å²) in [6, 6.07) is 1.73. The number of rotatable bonds is 5. The van der Waals surface area contributed by atoms with Crippen LogP contribution >= 0.6 is 15.9 Å². The summed E-state index contributed by atoms with van der Waals surface area (Å²) >= 11 is 3.32. The van der Waals surface area contributed by atoms with E-state index in [1.165, 1.54) is 0 Å². The van der Waals surface area contributed by atoms with Crippen LogP contribution in [-0.4, -0.2) is 29.5 Å². The zero-order valence-electron chi connectivity index (χ0n) is 9.92. The SMILES string of the molecule is CCNC(=O)CNC(=O)c1cc(Br)cn1CC. The van der Waals surface area contributed by atoms with Crippen molar-refractivity contribution in [2.24, 2.45) is 0 Å². The average Bonchev–Trinajstić information content (AvgIpc) is 2.68. The van der Waals surface area contributed by atoms with Crippen LogP contribution in [-0.2, 0) is 11.3 Å². The van der Waals surface area contributed by atoms with E-state index < -0.39 is 0 Å². The maximum absolute atomic E-state index is 11.8. The first kappa shape index (κ1) is 13.8. The number of amides is 2. The van der Waals surface area contributed by atoms with Crippen molar-refractivity contribution in [2.45, 2.75) is 20.4 Å². The quantitative estimate of drug-likeness (QED) is 0.856. The van der Waals surface area contributed by atoms with E-state index in [1.807, 2.05) is 24.6 Å². The smallest absolute Gasteiger partial charge is 0.268 e. The Kier molecular flexibility index (Phi) is 5.21. The number of halogens is 1. The number of nitrogens with one attached hydrogen (secondary N) is 2. The average molecular weight is 302 g/mol. The summed E-state index contributed by atoms with van der Waals surface area (Å²) in [5.41, 5.74) is 0.545. The monoisotopic (exact) mass is 301 g/mol. The second-order valence-corrected chi connectivity index (χ2v) is 4.38. The minimum Gasteiger partial charge on any atom is -0.355 e. The lowest BCUT2D eigenvalue weighted by atomic mass is 10.4. The Morgan fingerprint density at radius 3 is 2.65 bits per heavy atom. The maximum Gasteiger partial charge on any atom is 0.268 e. The van der Waals surface area contributed by atoms with Crippen LogP contribution in [0.3, 0.4) is 0 Å². The van der Waals surface area contributed by atoms with Gasteiger partial charge in [0.1, 0.15) is 5.69 Å². The molecule has 0 saturated heterocycles. The summed E-state index contributed by atoms with van der Waals surface area (Å²) in [6.45, 7) is 5.05. The van der Waals surface area contributed by atoms with Crippen LogP contribution in [0.5, 0.6) is 0 Å². The third-order valence-electron chi connectivity index (χ3n) is 2.22. The third-order valence-corrected chi connectivity index (χ3v) is 2.65. The Hall–Kier alpha value is -1.30. The van der Waals surface area contributed by atoms with Crippen molar-refractivity contribution in [2.75, 3.05) is 13.1 Å². The molecular weight excluding hydrogens is 286 g/mol. The van der Waals surface area contributed by atoms with E-state index in [9.17, 15) is 9.59 Å². The predicted octanol–water partition coefficient (Wildman–Crippen LogP) is 1.14. The normalized spacial score (nSPS) is 10.1. The molecule has 1 aromatic heterocycles. The molecule has 2 amide bonds. The summed E-state index contributed by atoms with van der Waals surface area (Å²) in [7, 11) is 0. The van der Waals surface area contributed by atoms with Crippen molar-refractivity contribution < 1.29 is 9.59 Å². The van der Waals surface area contributed by atoms with Crippen LogP contribution in [0.1, 0.15) is 24.3 Å². The number of hydrogen-bond acceptors (Lipinski definition) is 2. The van der Waals surface area contributed by atoms with Crippen molar-refractivity contribution in [1.82, 2.24) is 15.2 Å². The molecule has 1 aromatic rings. The molecule has 0 aliphatic carbocycles. The van der Waals surface area contributed by atoms with Crippen LogP contribution in [0, 0.1) is 0 Å². The highest BCUT2D eigenvalue weighted by atomic mass is 79.9. The zero-order chi connectivity index (χ0) is 12.8. The fraction of sp³-hybridized carbons (Fsp3) is 0.455. The molecule has 5 nitrogen and oxygen atoms in total. The first-order valence-corrected chi connectivity index (χ1v) is 6.28. The Labute approximate surface area is 109 Å². The highest BCUT2D eigenvalue weighted by molar-refractivity contribution is 9.10. The van der Waals surface area contributed by atoms with Gasteiger partial charge in [-0.2, -0.15) is 0 Å². The number of carbonyl (C=O) groups excluding carboxylic acids is 2. The summed E-state index contributed by atoms with van der Waals surface area (Å²) in [5.74, 6) is -0.432. The molecule has 94 valence electrons. The molecule has 0 unspecified atom stereocenters. The Balaban J connectivity index is 2.60. The molecule has 0 aromatic carbocycles. The van der Waals surface area contributed by atoms with Crippen LogP contribution in [0.4, 0.5) is 0 Å². The number of aryl methyl sites for hydroxylation is 1. The van der Waals surface area contributed by atoms with E-state index in [4.69, 9.17) is 0 Å². The fourth-order valence-corrected chi connectivity index (χ4v) is 1.90. The van der Waals surface area contributed by atoms with Gasteiger partial charge in [0.05, 0.1) is 6.54 Å². The highest BCUT2D eigenvalue weighted by Crippen LogP contribution is 2.14. The molecule has 2 N–H and O–H groups in total. The molecule has 0 aliphatic heterocycles. The molecule has 0 fully saturated rings. The standard InChI is InChI=1S/C11H16BrN3O2/c1-3-13-10(16)6-14-11(17)9-5-8(12)7-15(9)4-2/h5,7H,3-4,6H2,1-2H3,(H,13,16)(H,14,17). The van der Waals surface area contributed by atoms with Gasteiger partial charge in [0, 0.05) is 23.8 Å². The molecule has 0 aliphatic rings. The minimum absolute atomic E-state index is 0.000807. The van der Waals surface area contributed by atoms with Gasteiger partial charge in [-0.15, -0.1) is 0 Å². The van der Waals surface area contributed by atoms with Gasteiger partial charge in [-0.25, -0.2) is 0 Å². The minimum atomic E-state index is -0.246. The van der Waals surface area contributed by atoms with Crippen LogP contribution in [0.25, 0.3) is 0 Å². The van der Waals surface area contributed by atoms with Gasteiger partial charge >= 0.3 is 0 Å². The van der Waals surface area contributed by atoms with Crippen LogP contribution in [0.2, 0.25) is 0 Å². The first-order valence-electron chi connectivity index (χ1n) is 5.49. The predicted molar refractivity (Wildman–Crippen MR) is 68.8 cm³/mol. The van der Waals surface area contributed by atoms with E-state index in [0.29, 0.717) is 18.8 Å². The number of hydrogen-bond donors (Lipinski definition) is 2. The summed E-state index contributed by atoms with van der Waals surface area (Å²) < 4.78 is 2.67. The number of carbonyl (C=O) groups is 2. The Morgan fingerprint density at radius 2 is 2.06 bits per heavy atom. The first-order chi connectivity index (χ1) is 8.08. The Bertz CT molecular complexity index is 415. The van der Waals surface area contributed by atoms with Crippen molar-refractivity contribution >= 4 is 27.7 Å². The summed E-state index contributed by atoms with van der Waals surface area (Å²) in [6.07, 6.45) is 1.83.